The van der Waals surface area contributed by atoms with Crippen LogP contribution in [0.1, 0.15) is 39.2 Å². The van der Waals surface area contributed by atoms with Crippen molar-refractivity contribution < 1.29 is 14.0 Å². The molecule has 7 heteroatoms. The summed E-state index contributed by atoms with van der Waals surface area (Å²) < 4.78 is 14.2. The monoisotopic (exact) mass is 464 g/mol. The second-order valence-electron chi connectivity index (χ2n) is 7.83. The van der Waals surface area contributed by atoms with E-state index in [9.17, 15) is 14.0 Å². The SMILES string of the molecule is CC(C)CNC(=O)C(C)N(Cc1ccccc1F)C(=O)CCCSc1ccc(Cl)cc1. The lowest BCUT2D eigenvalue weighted by atomic mass is 10.1. The number of benzene rings is 2. The summed E-state index contributed by atoms with van der Waals surface area (Å²) >= 11 is 7.55. The van der Waals surface area contributed by atoms with Gasteiger partial charge < -0.3 is 10.2 Å². The Morgan fingerprint density at radius 3 is 2.42 bits per heavy atom. The van der Waals surface area contributed by atoms with Gasteiger partial charge >= 0.3 is 0 Å². The standard InChI is InChI=1S/C24H30ClFN2O2S/c1-17(2)15-27-24(30)18(3)28(16-19-7-4-5-8-22(19)26)23(29)9-6-14-31-21-12-10-20(25)11-13-21/h4-5,7-8,10-13,17-18H,6,9,14-16H2,1-3H3,(H,27,30). The third-order valence-corrected chi connectivity index (χ3v) is 6.12. The minimum atomic E-state index is -0.685. The van der Waals surface area contributed by atoms with Crippen LogP contribution in [0.25, 0.3) is 0 Å². The Hall–Kier alpha value is -2.05. The molecule has 0 fully saturated rings. The zero-order valence-electron chi connectivity index (χ0n) is 18.2. The van der Waals surface area contributed by atoms with Crippen molar-refractivity contribution in [3.8, 4) is 0 Å². The minimum Gasteiger partial charge on any atom is -0.354 e. The van der Waals surface area contributed by atoms with Crippen LogP contribution in [0.15, 0.2) is 53.4 Å². The van der Waals surface area contributed by atoms with Crippen molar-refractivity contribution >= 4 is 35.2 Å². The average molecular weight is 465 g/mol. The summed E-state index contributed by atoms with van der Waals surface area (Å²) in [5.74, 6) is 0.292. The van der Waals surface area contributed by atoms with Crippen LogP contribution in [-0.4, -0.2) is 35.1 Å². The van der Waals surface area contributed by atoms with Crippen LogP contribution < -0.4 is 5.32 Å². The van der Waals surface area contributed by atoms with E-state index in [-0.39, 0.29) is 30.6 Å². The molecule has 1 unspecified atom stereocenters. The summed E-state index contributed by atoms with van der Waals surface area (Å²) in [5.41, 5.74) is 0.398. The van der Waals surface area contributed by atoms with Crippen LogP contribution in [0.4, 0.5) is 4.39 Å². The van der Waals surface area contributed by atoms with Gasteiger partial charge in [0.25, 0.3) is 0 Å². The fourth-order valence-electron chi connectivity index (χ4n) is 2.93. The summed E-state index contributed by atoms with van der Waals surface area (Å²) in [6, 6.07) is 13.2. The van der Waals surface area contributed by atoms with Gasteiger partial charge in [-0.3, -0.25) is 9.59 Å². The normalized spacial score (nSPS) is 11.9. The first kappa shape index (κ1) is 25.2. The molecule has 0 bridgehead atoms. The highest BCUT2D eigenvalue weighted by Crippen LogP contribution is 2.22. The summed E-state index contributed by atoms with van der Waals surface area (Å²) in [7, 11) is 0. The van der Waals surface area contributed by atoms with Gasteiger partial charge in [-0.2, -0.15) is 0 Å². The first-order valence-electron chi connectivity index (χ1n) is 10.5. The summed E-state index contributed by atoms with van der Waals surface area (Å²) in [5, 5.41) is 3.56. The predicted octanol–water partition coefficient (Wildman–Crippen LogP) is 5.54. The van der Waals surface area contributed by atoms with Crippen LogP contribution in [0.5, 0.6) is 0 Å². The van der Waals surface area contributed by atoms with Crippen LogP contribution in [-0.2, 0) is 16.1 Å². The predicted molar refractivity (Wildman–Crippen MR) is 126 cm³/mol. The number of amides is 2. The summed E-state index contributed by atoms with van der Waals surface area (Å²) in [6.07, 6.45) is 0.942. The molecule has 31 heavy (non-hydrogen) atoms. The molecule has 2 aromatic carbocycles. The molecule has 0 saturated carbocycles. The van der Waals surface area contributed by atoms with E-state index in [1.54, 1.807) is 36.9 Å². The molecule has 0 spiro atoms. The first-order chi connectivity index (χ1) is 14.8. The maximum absolute atomic E-state index is 14.2. The molecule has 2 amide bonds. The molecular formula is C24H30ClFN2O2S. The Labute approximate surface area is 193 Å². The Balaban J connectivity index is 2.00. The maximum atomic E-state index is 14.2. The lowest BCUT2D eigenvalue weighted by molar-refractivity contribution is -0.140. The van der Waals surface area contributed by atoms with E-state index in [0.717, 1.165) is 10.6 Å². The van der Waals surface area contributed by atoms with Crippen LogP contribution in [0.3, 0.4) is 0 Å². The van der Waals surface area contributed by atoms with Crippen molar-refractivity contribution in [2.75, 3.05) is 12.3 Å². The number of nitrogens with one attached hydrogen (secondary N) is 1. The highest BCUT2D eigenvalue weighted by atomic mass is 35.5. The quantitative estimate of drug-likeness (QED) is 0.351. The fraction of sp³-hybridized carbons (Fsp3) is 0.417. The third-order valence-electron chi connectivity index (χ3n) is 4.77. The van der Waals surface area contributed by atoms with Gasteiger partial charge in [-0.1, -0.05) is 43.6 Å². The first-order valence-corrected chi connectivity index (χ1v) is 11.8. The largest absolute Gasteiger partial charge is 0.354 e. The number of nitrogens with zero attached hydrogens (tertiary/aromatic N) is 1. The van der Waals surface area contributed by atoms with E-state index in [1.165, 1.54) is 11.0 Å². The molecule has 0 aliphatic heterocycles. The van der Waals surface area contributed by atoms with Crippen molar-refractivity contribution in [3.05, 3.63) is 64.9 Å². The van der Waals surface area contributed by atoms with E-state index in [4.69, 9.17) is 11.6 Å². The van der Waals surface area contributed by atoms with Gasteiger partial charge in [0.15, 0.2) is 0 Å². The number of carbonyl (C=O) groups excluding carboxylic acids is 2. The molecule has 0 heterocycles. The number of carbonyl (C=O) groups is 2. The number of hydrogen-bond acceptors (Lipinski definition) is 3. The van der Waals surface area contributed by atoms with Gasteiger partial charge in [0.1, 0.15) is 11.9 Å². The molecule has 2 aromatic rings. The van der Waals surface area contributed by atoms with E-state index in [0.29, 0.717) is 29.5 Å². The second-order valence-corrected chi connectivity index (χ2v) is 9.44. The van der Waals surface area contributed by atoms with Crippen LogP contribution in [0, 0.1) is 11.7 Å². The van der Waals surface area contributed by atoms with Gasteiger partial charge in [-0.05, 0) is 55.3 Å². The zero-order chi connectivity index (χ0) is 22.8. The Morgan fingerprint density at radius 1 is 1.10 bits per heavy atom. The molecule has 4 nitrogen and oxygen atoms in total. The van der Waals surface area contributed by atoms with Gasteiger partial charge in [0.2, 0.25) is 11.8 Å². The van der Waals surface area contributed by atoms with Gasteiger partial charge in [0.05, 0.1) is 0 Å². The second kappa shape index (κ2) is 12.7. The highest BCUT2D eigenvalue weighted by Gasteiger charge is 2.26. The molecule has 168 valence electrons. The van der Waals surface area contributed by atoms with E-state index in [2.05, 4.69) is 5.32 Å². The molecule has 1 atom stereocenters. The van der Waals surface area contributed by atoms with Crippen molar-refractivity contribution in [1.29, 1.82) is 0 Å². The topological polar surface area (TPSA) is 49.4 Å². The van der Waals surface area contributed by atoms with Crippen molar-refractivity contribution in [2.45, 2.75) is 51.1 Å². The Morgan fingerprint density at radius 2 is 1.77 bits per heavy atom. The number of rotatable bonds is 11. The minimum absolute atomic E-state index is 0.0616. The zero-order valence-corrected chi connectivity index (χ0v) is 19.8. The number of hydrogen-bond donors (Lipinski definition) is 1. The lowest BCUT2D eigenvalue weighted by Gasteiger charge is -2.29. The highest BCUT2D eigenvalue weighted by molar-refractivity contribution is 7.99. The molecule has 0 aliphatic rings. The molecule has 2 rings (SSSR count). The lowest BCUT2D eigenvalue weighted by Crippen LogP contribution is -2.48. The summed E-state index contributed by atoms with van der Waals surface area (Å²) in [4.78, 5) is 28.2. The Kier molecular flexibility index (Phi) is 10.3. The van der Waals surface area contributed by atoms with Gasteiger partial charge in [0, 0.05) is 35.0 Å². The summed E-state index contributed by atoms with van der Waals surface area (Å²) in [6.45, 7) is 6.29. The number of halogens is 2. The number of thioether (sulfide) groups is 1. The molecule has 0 saturated heterocycles. The smallest absolute Gasteiger partial charge is 0.242 e. The Bertz CT molecular complexity index is 861. The average Bonchev–Trinajstić information content (AvgIpc) is 2.75. The van der Waals surface area contributed by atoms with Crippen molar-refractivity contribution in [3.63, 3.8) is 0 Å². The van der Waals surface area contributed by atoms with Gasteiger partial charge in [-0.15, -0.1) is 11.8 Å². The van der Waals surface area contributed by atoms with E-state index < -0.39 is 6.04 Å². The maximum Gasteiger partial charge on any atom is 0.242 e. The van der Waals surface area contributed by atoms with E-state index in [1.807, 2.05) is 38.1 Å². The molecule has 1 N–H and O–H groups in total. The molecular weight excluding hydrogens is 435 g/mol. The third kappa shape index (κ3) is 8.54. The molecule has 0 radical (unpaired) electrons. The van der Waals surface area contributed by atoms with Crippen LogP contribution >= 0.6 is 23.4 Å². The molecule has 0 aromatic heterocycles. The fourth-order valence-corrected chi connectivity index (χ4v) is 3.91. The van der Waals surface area contributed by atoms with Gasteiger partial charge in [-0.25, -0.2) is 4.39 Å². The van der Waals surface area contributed by atoms with E-state index >= 15 is 0 Å². The van der Waals surface area contributed by atoms with Crippen molar-refractivity contribution in [1.82, 2.24) is 10.2 Å². The molecule has 0 aliphatic carbocycles. The van der Waals surface area contributed by atoms with Crippen LogP contribution in [0.2, 0.25) is 5.02 Å². The van der Waals surface area contributed by atoms with Crippen molar-refractivity contribution in [2.24, 2.45) is 5.92 Å².